The number of carboxylic acid groups (broad SMARTS) is 1. The van der Waals surface area contributed by atoms with Crippen molar-refractivity contribution in [3.63, 3.8) is 0 Å². The summed E-state index contributed by atoms with van der Waals surface area (Å²) < 4.78 is 50.6. The first-order chi connectivity index (χ1) is 11.1. The van der Waals surface area contributed by atoms with E-state index >= 15 is 0 Å². The Labute approximate surface area is 138 Å². The largest absolute Gasteiger partial charge is 0.478 e. The topological polar surface area (TPSA) is 146 Å². The molecule has 0 aliphatic heterocycles. The van der Waals surface area contributed by atoms with Crippen LogP contribution in [0.1, 0.15) is 23.0 Å². The maximum atomic E-state index is 12.4. The van der Waals surface area contributed by atoms with E-state index in [0.717, 1.165) is 6.07 Å². The van der Waals surface area contributed by atoms with Gasteiger partial charge in [0.1, 0.15) is 5.56 Å². The highest BCUT2D eigenvalue weighted by Gasteiger charge is 2.28. The van der Waals surface area contributed by atoms with Crippen molar-refractivity contribution in [2.45, 2.75) is 23.8 Å². The van der Waals surface area contributed by atoms with Gasteiger partial charge in [-0.15, -0.1) is 0 Å². The zero-order chi connectivity index (χ0) is 18.1. The third-order valence-corrected chi connectivity index (χ3v) is 6.25. The fourth-order valence-corrected chi connectivity index (χ4v) is 4.11. The van der Waals surface area contributed by atoms with Crippen molar-refractivity contribution < 1.29 is 26.7 Å². The number of aryl methyl sites for hydroxylation is 1. The van der Waals surface area contributed by atoms with Gasteiger partial charge in [0.15, 0.2) is 9.84 Å². The molecule has 9 nitrogen and oxygen atoms in total. The molecule has 2 aromatic rings. The van der Waals surface area contributed by atoms with Gasteiger partial charge in [-0.1, -0.05) is 13.0 Å². The predicted molar refractivity (Wildman–Crippen MR) is 85.3 cm³/mol. The van der Waals surface area contributed by atoms with Gasteiger partial charge in [0.05, 0.1) is 16.3 Å². The van der Waals surface area contributed by atoms with Crippen molar-refractivity contribution in [3.05, 3.63) is 35.5 Å². The minimum Gasteiger partial charge on any atom is -0.478 e. The van der Waals surface area contributed by atoms with Crippen LogP contribution >= 0.6 is 0 Å². The molecule has 130 valence electrons. The van der Waals surface area contributed by atoms with Crippen LogP contribution < -0.4 is 4.72 Å². The first kappa shape index (κ1) is 17.9. The Morgan fingerprint density at radius 1 is 1.29 bits per heavy atom. The minimum absolute atomic E-state index is 0.0125. The fraction of sp³-hybridized carbons (Fsp3) is 0.231. The number of hydrogen-bond acceptors (Lipinski definition) is 6. The number of aromatic carboxylic acids is 1. The maximum Gasteiger partial charge on any atom is 0.340 e. The second-order valence-corrected chi connectivity index (χ2v) is 8.75. The number of carboxylic acids is 1. The number of H-pyrrole nitrogens is 1. The van der Waals surface area contributed by atoms with Gasteiger partial charge < -0.3 is 5.11 Å². The molecule has 0 atom stereocenters. The number of nitrogens with one attached hydrogen (secondary N) is 2. The van der Waals surface area contributed by atoms with Crippen LogP contribution in [-0.2, 0) is 19.9 Å². The number of anilines is 1. The van der Waals surface area contributed by atoms with Crippen LogP contribution in [-0.4, -0.2) is 43.9 Å². The van der Waals surface area contributed by atoms with Crippen molar-refractivity contribution in [2.24, 2.45) is 0 Å². The summed E-state index contributed by atoms with van der Waals surface area (Å²) in [5.74, 6) is -1.57. The fourth-order valence-electron chi connectivity index (χ4n) is 1.98. The Bertz CT molecular complexity index is 992. The third kappa shape index (κ3) is 3.41. The molecule has 2 rings (SSSR count). The standard InChI is InChI=1S/C13H15N3O6S2/c1-3-23(19,20)10-6-4-5-9(7-10)16-24(21,22)12-11(13(17)18)8(2)14-15-12/h4-7,16H,3H2,1-2H3,(H,14,15)(H,17,18). The second-order valence-electron chi connectivity index (χ2n) is 4.87. The molecule has 0 saturated heterocycles. The zero-order valence-electron chi connectivity index (χ0n) is 12.8. The summed E-state index contributed by atoms with van der Waals surface area (Å²) in [6, 6.07) is 5.24. The van der Waals surface area contributed by atoms with Crippen molar-refractivity contribution in [1.82, 2.24) is 10.2 Å². The molecule has 0 bridgehead atoms. The molecular weight excluding hydrogens is 358 g/mol. The number of benzene rings is 1. The normalized spacial score (nSPS) is 12.1. The Balaban J connectivity index is 2.45. The molecule has 1 heterocycles. The highest BCUT2D eigenvalue weighted by atomic mass is 32.2. The van der Waals surface area contributed by atoms with E-state index in [4.69, 9.17) is 5.11 Å². The Kier molecular flexibility index (Phi) is 4.67. The average Bonchev–Trinajstić information content (AvgIpc) is 2.90. The monoisotopic (exact) mass is 373 g/mol. The summed E-state index contributed by atoms with van der Waals surface area (Å²) in [6.07, 6.45) is 0. The molecule has 1 aromatic heterocycles. The first-order valence-electron chi connectivity index (χ1n) is 6.72. The van der Waals surface area contributed by atoms with Crippen molar-refractivity contribution >= 4 is 31.5 Å². The summed E-state index contributed by atoms with van der Waals surface area (Å²) in [5.41, 5.74) is -0.397. The summed E-state index contributed by atoms with van der Waals surface area (Å²) in [7, 11) is -7.81. The number of sulfonamides is 1. The van der Waals surface area contributed by atoms with Crippen LogP contribution in [0.2, 0.25) is 0 Å². The number of nitrogens with zero attached hydrogens (tertiary/aromatic N) is 1. The van der Waals surface area contributed by atoms with Gasteiger partial charge >= 0.3 is 5.97 Å². The smallest absolute Gasteiger partial charge is 0.340 e. The maximum absolute atomic E-state index is 12.4. The first-order valence-corrected chi connectivity index (χ1v) is 9.86. The van der Waals surface area contributed by atoms with Crippen LogP contribution in [0.25, 0.3) is 0 Å². The van der Waals surface area contributed by atoms with Crippen molar-refractivity contribution in [2.75, 3.05) is 10.5 Å². The lowest BCUT2D eigenvalue weighted by atomic mass is 10.3. The van der Waals surface area contributed by atoms with Gasteiger partial charge in [-0.2, -0.15) is 13.5 Å². The number of sulfone groups is 1. The highest BCUT2D eigenvalue weighted by molar-refractivity contribution is 7.92. The van der Waals surface area contributed by atoms with Crippen molar-refractivity contribution in [3.8, 4) is 0 Å². The van der Waals surface area contributed by atoms with Gasteiger partial charge in [-0.25, -0.2) is 13.2 Å². The van der Waals surface area contributed by atoms with Crippen molar-refractivity contribution in [1.29, 1.82) is 0 Å². The molecule has 1 aromatic carbocycles. The van der Waals surface area contributed by atoms with E-state index in [-0.39, 0.29) is 22.0 Å². The lowest BCUT2D eigenvalue weighted by molar-refractivity contribution is 0.0692. The average molecular weight is 373 g/mol. The summed E-state index contributed by atoms with van der Waals surface area (Å²) in [5, 5.41) is 14.3. The van der Waals surface area contributed by atoms with Crippen LogP contribution in [0.4, 0.5) is 5.69 Å². The SMILES string of the molecule is CCS(=O)(=O)c1cccc(NS(=O)(=O)c2n[nH]c(C)c2C(=O)O)c1. The molecule has 0 radical (unpaired) electrons. The van der Waals surface area contributed by atoms with E-state index < -0.39 is 36.4 Å². The zero-order valence-corrected chi connectivity index (χ0v) is 14.4. The lowest BCUT2D eigenvalue weighted by Crippen LogP contribution is -2.17. The van der Waals surface area contributed by atoms with Gasteiger partial charge in [0.2, 0.25) is 5.03 Å². The molecule has 0 aliphatic rings. The van der Waals surface area contributed by atoms with Crippen LogP contribution in [0.3, 0.4) is 0 Å². The molecule has 0 unspecified atom stereocenters. The molecule has 3 N–H and O–H groups in total. The van der Waals surface area contributed by atoms with Crippen LogP contribution in [0, 0.1) is 6.92 Å². The Hall–Kier alpha value is -2.40. The molecule has 0 amide bonds. The van der Waals surface area contributed by atoms with Gasteiger partial charge in [0.25, 0.3) is 10.0 Å². The number of rotatable bonds is 6. The summed E-state index contributed by atoms with van der Waals surface area (Å²) in [6.45, 7) is 2.85. The van der Waals surface area contributed by atoms with E-state index in [1.165, 1.54) is 32.0 Å². The van der Waals surface area contributed by atoms with E-state index in [1.54, 1.807) is 0 Å². The van der Waals surface area contributed by atoms with E-state index in [0.29, 0.717) is 0 Å². The number of hydrogen-bond donors (Lipinski definition) is 3. The Morgan fingerprint density at radius 3 is 2.54 bits per heavy atom. The number of carbonyl (C=O) groups is 1. The highest BCUT2D eigenvalue weighted by Crippen LogP contribution is 2.22. The second kappa shape index (κ2) is 6.24. The molecule has 24 heavy (non-hydrogen) atoms. The summed E-state index contributed by atoms with van der Waals surface area (Å²) >= 11 is 0. The quantitative estimate of drug-likeness (QED) is 0.684. The third-order valence-electron chi connectivity index (χ3n) is 3.21. The van der Waals surface area contributed by atoms with E-state index in [9.17, 15) is 21.6 Å². The predicted octanol–water partition coefficient (Wildman–Crippen LogP) is 1.01. The van der Waals surface area contributed by atoms with E-state index in [1.807, 2.05) is 0 Å². The molecule has 0 aliphatic carbocycles. The molecule has 0 saturated carbocycles. The number of aromatic amines is 1. The van der Waals surface area contributed by atoms with Gasteiger partial charge in [-0.05, 0) is 25.1 Å². The number of aromatic nitrogens is 2. The van der Waals surface area contributed by atoms with Gasteiger partial charge in [-0.3, -0.25) is 9.82 Å². The molecule has 0 fully saturated rings. The van der Waals surface area contributed by atoms with Crippen LogP contribution in [0.5, 0.6) is 0 Å². The molecular formula is C13H15N3O6S2. The van der Waals surface area contributed by atoms with Gasteiger partial charge in [0, 0.05) is 5.69 Å². The molecule has 11 heteroatoms. The molecule has 0 spiro atoms. The van der Waals surface area contributed by atoms with E-state index in [2.05, 4.69) is 14.9 Å². The summed E-state index contributed by atoms with van der Waals surface area (Å²) in [4.78, 5) is 11.2. The van der Waals surface area contributed by atoms with Crippen LogP contribution in [0.15, 0.2) is 34.2 Å². The Morgan fingerprint density at radius 2 is 1.96 bits per heavy atom. The lowest BCUT2D eigenvalue weighted by Gasteiger charge is -2.08. The minimum atomic E-state index is -4.31.